The number of hydrogen-bond donors (Lipinski definition) is 1. The molecule has 0 aromatic heterocycles. The number of thioether (sulfide) groups is 2. The van der Waals surface area contributed by atoms with Gasteiger partial charge in [0.1, 0.15) is 0 Å². The molecular weight excluding hydrogens is 180 g/mol. The molecule has 0 aliphatic carbocycles. The predicted octanol–water partition coefficient (Wildman–Crippen LogP) is 2.79. The zero-order chi connectivity index (χ0) is 7.82. The standard InChI is InChI=1S/C7H16S3/c1-3-9-6-7(5-8)10-4-2/h7-8H,3-6H2,1-2H3. The van der Waals surface area contributed by atoms with Crippen molar-refractivity contribution >= 4 is 36.2 Å². The quantitative estimate of drug-likeness (QED) is 0.649. The highest BCUT2D eigenvalue weighted by atomic mass is 32.2. The van der Waals surface area contributed by atoms with Crippen LogP contribution in [0.2, 0.25) is 0 Å². The average molecular weight is 196 g/mol. The Morgan fingerprint density at radius 1 is 1.30 bits per heavy atom. The molecule has 0 bridgehead atoms. The fourth-order valence-corrected chi connectivity index (χ4v) is 3.13. The fourth-order valence-electron chi connectivity index (χ4n) is 0.639. The molecule has 0 saturated carbocycles. The third-order valence-corrected chi connectivity index (χ3v) is 4.20. The summed E-state index contributed by atoms with van der Waals surface area (Å²) in [5, 5.41) is 0.762. The van der Waals surface area contributed by atoms with Crippen LogP contribution in [-0.2, 0) is 0 Å². The maximum Gasteiger partial charge on any atom is 0.0226 e. The lowest BCUT2D eigenvalue weighted by Gasteiger charge is -2.10. The van der Waals surface area contributed by atoms with Crippen molar-refractivity contribution in [2.75, 3.05) is 23.0 Å². The van der Waals surface area contributed by atoms with Crippen LogP contribution < -0.4 is 0 Å². The van der Waals surface area contributed by atoms with Crippen LogP contribution in [0.25, 0.3) is 0 Å². The fraction of sp³-hybridized carbons (Fsp3) is 1.00. The molecule has 0 aromatic carbocycles. The summed E-state index contributed by atoms with van der Waals surface area (Å²) in [7, 11) is 0. The third kappa shape index (κ3) is 5.81. The molecule has 0 aromatic rings. The van der Waals surface area contributed by atoms with Crippen molar-refractivity contribution in [3.05, 3.63) is 0 Å². The van der Waals surface area contributed by atoms with Crippen LogP contribution in [0.15, 0.2) is 0 Å². The van der Waals surface area contributed by atoms with E-state index >= 15 is 0 Å². The Hall–Kier alpha value is 1.05. The SMILES string of the molecule is CCSCC(CS)SCC. The van der Waals surface area contributed by atoms with Gasteiger partial charge in [0.15, 0.2) is 0 Å². The molecule has 1 unspecified atom stereocenters. The Bertz CT molecular complexity index is 65.9. The molecule has 3 heteroatoms. The number of thiol groups is 1. The van der Waals surface area contributed by atoms with Crippen molar-refractivity contribution in [2.24, 2.45) is 0 Å². The first-order chi connectivity index (χ1) is 4.85. The van der Waals surface area contributed by atoms with Gasteiger partial charge in [0.25, 0.3) is 0 Å². The van der Waals surface area contributed by atoms with Gasteiger partial charge in [0.05, 0.1) is 0 Å². The van der Waals surface area contributed by atoms with E-state index in [1.165, 1.54) is 17.3 Å². The summed E-state index contributed by atoms with van der Waals surface area (Å²) in [6, 6.07) is 0. The van der Waals surface area contributed by atoms with E-state index in [9.17, 15) is 0 Å². The Kier molecular flexibility index (Phi) is 9.01. The van der Waals surface area contributed by atoms with Crippen molar-refractivity contribution in [3.8, 4) is 0 Å². The van der Waals surface area contributed by atoms with Crippen LogP contribution in [0.3, 0.4) is 0 Å². The molecule has 0 saturated heterocycles. The topological polar surface area (TPSA) is 0 Å². The van der Waals surface area contributed by atoms with E-state index in [0.717, 1.165) is 11.0 Å². The average Bonchev–Trinajstić information content (AvgIpc) is 1.98. The minimum Gasteiger partial charge on any atom is -0.178 e. The molecule has 0 aliphatic heterocycles. The van der Waals surface area contributed by atoms with Crippen molar-refractivity contribution in [1.29, 1.82) is 0 Å². The first-order valence-electron chi connectivity index (χ1n) is 3.65. The summed E-state index contributed by atoms with van der Waals surface area (Å²) in [6.07, 6.45) is 0. The Morgan fingerprint density at radius 3 is 2.40 bits per heavy atom. The monoisotopic (exact) mass is 196 g/mol. The molecular formula is C7H16S3. The van der Waals surface area contributed by atoms with E-state index in [2.05, 4.69) is 26.5 Å². The van der Waals surface area contributed by atoms with Crippen molar-refractivity contribution in [2.45, 2.75) is 19.1 Å². The minimum absolute atomic E-state index is 0.762. The molecule has 0 fully saturated rings. The largest absolute Gasteiger partial charge is 0.178 e. The van der Waals surface area contributed by atoms with Gasteiger partial charge in [-0.25, -0.2) is 0 Å². The van der Waals surface area contributed by atoms with Gasteiger partial charge in [-0.3, -0.25) is 0 Å². The maximum atomic E-state index is 4.29. The van der Waals surface area contributed by atoms with Gasteiger partial charge in [0, 0.05) is 16.8 Å². The second kappa shape index (κ2) is 8.15. The third-order valence-electron chi connectivity index (χ3n) is 1.11. The summed E-state index contributed by atoms with van der Waals surface area (Å²) in [6.45, 7) is 4.41. The molecule has 0 heterocycles. The van der Waals surface area contributed by atoms with Gasteiger partial charge in [-0.05, 0) is 11.5 Å². The zero-order valence-electron chi connectivity index (χ0n) is 6.67. The predicted molar refractivity (Wildman–Crippen MR) is 58.8 cm³/mol. The second-order valence-electron chi connectivity index (χ2n) is 1.92. The van der Waals surface area contributed by atoms with Crippen LogP contribution in [0.5, 0.6) is 0 Å². The highest BCUT2D eigenvalue weighted by Gasteiger charge is 2.03. The van der Waals surface area contributed by atoms with Crippen LogP contribution in [0, 0.1) is 0 Å². The lowest BCUT2D eigenvalue weighted by atomic mass is 10.5. The minimum atomic E-state index is 0.762. The van der Waals surface area contributed by atoms with Crippen LogP contribution in [-0.4, -0.2) is 28.3 Å². The van der Waals surface area contributed by atoms with Crippen molar-refractivity contribution in [1.82, 2.24) is 0 Å². The van der Waals surface area contributed by atoms with Crippen molar-refractivity contribution in [3.63, 3.8) is 0 Å². The smallest absolute Gasteiger partial charge is 0.0226 e. The van der Waals surface area contributed by atoms with Crippen molar-refractivity contribution < 1.29 is 0 Å². The Morgan fingerprint density at radius 2 is 2.00 bits per heavy atom. The van der Waals surface area contributed by atoms with Crippen LogP contribution in [0.4, 0.5) is 0 Å². The lowest BCUT2D eigenvalue weighted by Crippen LogP contribution is -2.08. The number of hydrogen-bond acceptors (Lipinski definition) is 3. The van der Waals surface area contributed by atoms with Crippen LogP contribution in [0.1, 0.15) is 13.8 Å². The van der Waals surface area contributed by atoms with E-state index in [0.29, 0.717) is 0 Å². The number of rotatable bonds is 6. The second-order valence-corrected chi connectivity index (χ2v) is 5.18. The molecule has 0 aliphatic rings. The lowest BCUT2D eigenvalue weighted by molar-refractivity contribution is 1.15. The molecule has 62 valence electrons. The molecule has 0 spiro atoms. The first kappa shape index (κ1) is 11.1. The molecule has 10 heavy (non-hydrogen) atoms. The van der Waals surface area contributed by atoms with Gasteiger partial charge in [-0.1, -0.05) is 13.8 Å². The van der Waals surface area contributed by atoms with E-state index in [1.54, 1.807) is 0 Å². The molecule has 0 amide bonds. The highest BCUT2D eigenvalue weighted by molar-refractivity contribution is 8.03. The van der Waals surface area contributed by atoms with Gasteiger partial charge < -0.3 is 0 Å². The summed E-state index contributed by atoms with van der Waals surface area (Å²) >= 11 is 8.32. The van der Waals surface area contributed by atoms with E-state index in [4.69, 9.17) is 0 Å². The summed E-state index contributed by atoms with van der Waals surface area (Å²) in [4.78, 5) is 0. The summed E-state index contributed by atoms with van der Waals surface area (Å²) < 4.78 is 0. The highest BCUT2D eigenvalue weighted by Crippen LogP contribution is 2.16. The van der Waals surface area contributed by atoms with Gasteiger partial charge in [-0.2, -0.15) is 36.2 Å². The molecule has 0 rings (SSSR count). The molecule has 0 N–H and O–H groups in total. The van der Waals surface area contributed by atoms with E-state index in [-0.39, 0.29) is 0 Å². The first-order valence-corrected chi connectivity index (χ1v) is 6.48. The molecule has 0 radical (unpaired) electrons. The van der Waals surface area contributed by atoms with E-state index in [1.807, 2.05) is 23.5 Å². The van der Waals surface area contributed by atoms with Crippen LogP contribution >= 0.6 is 36.2 Å². The van der Waals surface area contributed by atoms with E-state index < -0.39 is 0 Å². The summed E-state index contributed by atoms with van der Waals surface area (Å²) in [5.74, 6) is 4.73. The Labute approximate surface area is 78.3 Å². The molecule has 1 atom stereocenters. The zero-order valence-corrected chi connectivity index (χ0v) is 9.20. The van der Waals surface area contributed by atoms with Gasteiger partial charge in [0.2, 0.25) is 0 Å². The maximum absolute atomic E-state index is 4.29. The van der Waals surface area contributed by atoms with Gasteiger partial charge >= 0.3 is 0 Å². The molecule has 0 nitrogen and oxygen atoms in total. The Balaban J connectivity index is 3.21. The van der Waals surface area contributed by atoms with Gasteiger partial charge in [-0.15, -0.1) is 0 Å². The normalized spacial score (nSPS) is 13.5. The summed E-state index contributed by atoms with van der Waals surface area (Å²) in [5.41, 5.74) is 0.